The number of hydrogen-bond donors (Lipinski definition) is 2. The summed E-state index contributed by atoms with van der Waals surface area (Å²) in [4.78, 5) is 13.6. The molecule has 1 atom stereocenters. The topological polar surface area (TPSA) is 78.5 Å². The first-order valence-corrected chi connectivity index (χ1v) is 11.0. The van der Waals surface area contributed by atoms with E-state index >= 15 is 0 Å². The van der Waals surface area contributed by atoms with Crippen LogP contribution in [0.1, 0.15) is 31.4 Å². The van der Waals surface area contributed by atoms with E-state index in [1.807, 2.05) is 5.38 Å². The minimum atomic E-state index is -3.61. The summed E-state index contributed by atoms with van der Waals surface area (Å²) >= 11 is 1.62. The molecule has 1 saturated heterocycles. The number of nitrogens with zero attached hydrogens (tertiary/aromatic N) is 1. The van der Waals surface area contributed by atoms with Crippen molar-refractivity contribution in [1.29, 1.82) is 0 Å². The van der Waals surface area contributed by atoms with Gasteiger partial charge in [-0.25, -0.2) is 13.1 Å². The van der Waals surface area contributed by atoms with E-state index in [4.69, 9.17) is 0 Å². The number of nitrogens with one attached hydrogen (secondary N) is 2. The molecule has 0 spiro atoms. The summed E-state index contributed by atoms with van der Waals surface area (Å²) in [5.41, 5.74) is 1.73. The SMILES string of the molecule is CC(=O)Nc1ccc(S(=O)(=O)NC[C@@H](c2ccsc2)N2CCCC2)cc1. The van der Waals surface area contributed by atoms with Crippen LogP contribution < -0.4 is 10.0 Å². The number of carbonyl (C=O) groups excluding carboxylic acids is 1. The highest BCUT2D eigenvalue weighted by Gasteiger charge is 2.25. The average molecular weight is 394 g/mol. The van der Waals surface area contributed by atoms with Crippen LogP contribution in [0, 0.1) is 0 Å². The van der Waals surface area contributed by atoms with Crippen molar-refractivity contribution in [2.45, 2.75) is 30.7 Å². The van der Waals surface area contributed by atoms with E-state index in [0.29, 0.717) is 12.2 Å². The Morgan fingerprint density at radius 3 is 2.46 bits per heavy atom. The third-order valence-corrected chi connectivity index (χ3v) is 6.60. The van der Waals surface area contributed by atoms with Gasteiger partial charge in [0, 0.05) is 25.2 Å². The highest BCUT2D eigenvalue weighted by atomic mass is 32.2. The summed E-state index contributed by atoms with van der Waals surface area (Å²) < 4.78 is 28.0. The summed E-state index contributed by atoms with van der Waals surface area (Å²) in [7, 11) is -3.61. The van der Waals surface area contributed by atoms with Crippen molar-refractivity contribution < 1.29 is 13.2 Å². The van der Waals surface area contributed by atoms with Gasteiger partial charge in [0.1, 0.15) is 0 Å². The van der Waals surface area contributed by atoms with Gasteiger partial charge in [-0.3, -0.25) is 9.69 Å². The molecule has 2 heterocycles. The van der Waals surface area contributed by atoms with Gasteiger partial charge in [0.15, 0.2) is 0 Å². The molecule has 26 heavy (non-hydrogen) atoms. The zero-order chi connectivity index (χ0) is 18.6. The number of hydrogen-bond acceptors (Lipinski definition) is 5. The molecule has 1 amide bonds. The van der Waals surface area contributed by atoms with E-state index in [1.54, 1.807) is 23.5 Å². The molecule has 1 aliphatic heterocycles. The van der Waals surface area contributed by atoms with Crippen LogP contribution >= 0.6 is 11.3 Å². The van der Waals surface area contributed by atoms with Gasteiger partial charge in [0.05, 0.1) is 4.90 Å². The van der Waals surface area contributed by atoms with E-state index in [9.17, 15) is 13.2 Å². The van der Waals surface area contributed by atoms with Crippen LogP contribution in [0.15, 0.2) is 46.0 Å². The smallest absolute Gasteiger partial charge is 0.240 e. The molecule has 2 aromatic rings. The van der Waals surface area contributed by atoms with Gasteiger partial charge < -0.3 is 5.32 Å². The molecule has 2 N–H and O–H groups in total. The molecule has 1 aliphatic rings. The maximum absolute atomic E-state index is 12.6. The van der Waals surface area contributed by atoms with Crippen LogP contribution in [0.3, 0.4) is 0 Å². The fourth-order valence-electron chi connectivity index (χ4n) is 3.17. The van der Waals surface area contributed by atoms with E-state index < -0.39 is 10.0 Å². The molecule has 0 bridgehead atoms. The van der Waals surface area contributed by atoms with Crippen LogP contribution in [0.2, 0.25) is 0 Å². The van der Waals surface area contributed by atoms with Gasteiger partial charge in [-0.05, 0) is 72.6 Å². The molecule has 3 rings (SSSR count). The van der Waals surface area contributed by atoms with Crippen molar-refractivity contribution in [3.8, 4) is 0 Å². The molecule has 0 unspecified atom stereocenters. The van der Waals surface area contributed by atoms with Gasteiger partial charge in [-0.2, -0.15) is 11.3 Å². The van der Waals surface area contributed by atoms with Crippen LogP contribution in [-0.4, -0.2) is 38.9 Å². The normalized spacial score (nSPS) is 16.5. The Balaban J connectivity index is 1.70. The standard InChI is InChI=1S/C18H23N3O3S2/c1-14(22)20-16-4-6-17(7-5-16)26(23,24)19-12-18(15-8-11-25-13-15)21-9-2-3-10-21/h4-8,11,13,18-19H,2-3,9-10,12H2,1H3,(H,20,22)/t18-/m0/s1. The lowest BCUT2D eigenvalue weighted by atomic mass is 10.1. The predicted molar refractivity (Wildman–Crippen MR) is 104 cm³/mol. The second-order valence-corrected chi connectivity index (χ2v) is 8.92. The Morgan fingerprint density at radius 2 is 1.88 bits per heavy atom. The third-order valence-electron chi connectivity index (χ3n) is 4.46. The summed E-state index contributed by atoms with van der Waals surface area (Å²) in [6.45, 7) is 3.74. The quantitative estimate of drug-likeness (QED) is 0.758. The second-order valence-electron chi connectivity index (χ2n) is 6.37. The first kappa shape index (κ1) is 19.0. The highest BCUT2D eigenvalue weighted by Crippen LogP contribution is 2.26. The largest absolute Gasteiger partial charge is 0.326 e. The second kappa shape index (κ2) is 8.30. The maximum atomic E-state index is 12.6. The lowest BCUT2D eigenvalue weighted by molar-refractivity contribution is -0.114. The van der Waals surface area contributed by atoms with Crippen molar-refractivity contribution in [3.05, 3.63) is 46.7 Å². The van der Waals surface area contributed by atoms with Crippen LogP contribution in [0.5, 0.6) is 0 Å². The molecule has 1 aromatic heterocycles. The predicted octanol–water partition coefficient (Wildman–Crippen LogP) is 2.82. The van der Waals surface area contributed by atoms with E-state index in [-0.39, 0.29) is 16.8 Å². The van der Waals surface area contributed by atoms with Gasteiger partial charge in [0.2, 0.25) is 15.9 Å². The number of amides is 1. The number of rotatable bonds is 7. The Labute approximate surface area is 158 Å². The Morgan fingerprint density at radius 1 is 1.19 bits per heavy atom. The zero-order valence-corrected chi connectivity index (χ0v) is 16.3. The number of carbonyl (C=O) groups is 1. The minimum absolute atomic E-state index is 0.0529. The summed E-state index contributed by atoms with van der Waals surface area (Å²) in [5.74, 6) is -0.192. The zero-order valence-electron chi connectivity index (χ0n) is 14.6. The Kier molecular flexibility index (Phi) is 6.08. The monoisotopic (exact) mass is 393 g/mol. The summed E-state index contributed by atoms with van der Waals surface area (Å²) in [5, 5.41) is 6.73. The van der Waals surface area contributed by atoms with Crippen LogP contribution in [-0.2, 0) is 14.8 Å². The number of sulfonamides is 1. The maximum Gasteiger partial charge on any atom is 0.240 e. The van der Waals surface area contributed by atoms with Gasteiger partial charge in [-0.1, -0.05) is 0 Å². The molecular formula is C18H23N3O3S2. The highest BCUT2D eigenvalue weighted by molar-refractivity contribution is 7.89. The lowest BCUT2D eigenvalue weighted by Crippen LogP contribution is -2.36. The van der Waals surface area contributed by atoms with E-state index in [1.165, 1.54) is 19.1 Å². The van der Waals surface area contributed by atoms with Crippen molar-refractivity contribution in [2.75, 3.05) is 25.0 Å². The lowest BCUT2D eigenvalue weighted by Gasteiger charge is -2.27. The van der Waals surface area contributed by atoms with Gasteiger partial charge in [0.25, 0.3) is 0 Å². The van der Waals surface area contributed by atoms with Crippen LogP contribution in [0.4, 0.5) is 5.69 Å². The van der Waals surface area contributed by atoms with Crippen molar-refractivity contribution >= 4 is 33.0 Å². The number of benzene rings is 1. The van der Waals surface area contributed by atoms with E-state index in [2.05, 4.69) is 26.4 Å². The van der Waals surface area contributed by atoms with Crippen molar-refractivity contribution in [1.82, 2.24) is 9.62 Å². The molecule has 0 radical (unpaired) electrons. The number of anilines is 1. The van der Waals surface area contributed by atoms with E-state index in [0.717, 1.165) is 31.5 Å². The average Bonchev–Trinajstić information content (AvgIpc) is 3.29. The van der Waals surface area contributed by atoms with Crippen molar-refractivity contribution in [3.63, 3.8) is 0 Å². The third kappa shape index (κ3) is 4.70. The molecule has 1 aromatic carbocycles. The molecule has 0 aliphatic carbocycles. The molecule has 140 valence electrons. The number of likely N-dealkylation sites (tertiary alicyclic amines) is 1. The molecule has 0 saturated carbocycles. The molecule has 8 heteroatoms. The fourth-order valence-corrected chi connectivity index (χ4v) is 4.91. The van der Waals surface area contributed by atoms with Crippen LogP contribution in [0.25, 0.3) is 0 Å². The fraction of sp³-hybridized carbons (Fsp3) is 0.389. The van der Waals surface area contributed by atoms with Crippen molar-refractivity contribution in [2.24, 2.45) is 0 Å². The Hall–Kier alpha value is -1.74. The Bertz CT molecular complexity index is 827. The molecular weight excluding hydrogens is 370 g/mol. The first-order chi connectivity index (χ1) is 12.5. The minimum Gasteiger partial charge on any atom is -0.326 e. The first-order valence-electron chi connectivity index (χ1n) is 8.59. The number of thiophene rings is 1. The van der Waals surface area contributed by atoms with Gasteiger partial charge in [-0.15, -0.1) is 0 Å². The summed E-state index contributed by atoms with van der Waals surface area (Å²) in [6, 6.07) is 8.30. The molecule has 6 nitrogen and oxygen atoms in total. The van der Waals surface area contributed by atoms with Gasteiger partial charge >= 0.3 is 0 Å². The molecule has 1 fully saturated rings. The summed E-state index contributed by atoms with van der Waals surface area (Å²) in [6.07, 6.45) is 2.30.